The summed E-state index contributed by atoms with van der Waals surface area (Å²) in [5.74, 6) is -1.05. The van der Waals surface area contributed by atoms with E-state index in [9.17, 15) is 9.18 Å². The minimum Gasteiger partial charge on any atom is -0.346 e. The molecule has 0 bridgehead atoms. The van der Waals surface area contributed by atoms with Crippen LogP contribution in [0.5, 0.6) is 0 Å². The standard InChI is InChI=1S/C11H14BrFN2O/c1-7(12)11(2,3)15-10(16)8-4-5-14-6-9(8)13/h4-7H,1-3H3,(H,15,16). The Morgan fingerprint density at radius 1 is 1.62 bits per heavy atom. The summed E-state index contributed by atoms with van der Waals surface area (Å²) in [5, 5.41) is 2.76. The lowest BCUT2D eigenvalue weighted by molar-refractivity contribution is 0.0909. The first-order valence-corrected chi connectivity index (χ1v) is 5.82. The molecular formula is C11H14BrFN2O. The molecule has 0 fully saturated rings. The quantitative estimate of drug-likeness (QED) is 0.869. The van der Waals surface area contributed by atoms with Gasteiger partial charge in [-0.2, -0.15) is 0 Å². The average Bonchev–Trinajstić information content (AvgIpc) is 2.17. The van der Waals surface area contributed by atoms with E-state index < -0.39 is 17.3 Å². The van der Waals surface area contributed by atoms with E-state index in [1.54, 1.807) is 0 Å². The molecule has 1 N–H and O–H groups in total. The number of amides is 1. The Hall–Kier alpha value is -0.970. The minimum absolute atomic E-state index is 0.0104. The maximum atomic E-state index is 13.3. The second kappa shape index (κ2) is 4.91. The molecular weight excluding hydrogens is 275 g/mol. The van der Waals surface area contributed by atoms with Crippen LogP contribution in [0.1, 0.15) is 31.1 Å². The van der Waals surface area contributed by atoms with Crippen LogP contribution in [-0.4, -0.2) is 21.3 Å². The van der Waals surface area contributed by atoms with Gasteiger partial charge in [-0.15, -0.1) is 0 Å². The molecule has 88 valence electrons. The molecule has 0 aromatic carbocycles. The lowest BCUT2D eigenvalue weighted by Gasteiger charge is -2.29. The maximum Gasteiger partial charge on any atom is 0.254 e. The molecule has 1 atom stereocenters. The van der Waals surface area contributed by atoms with Crippen molar-refractivity contribution in [3.8, 4) is 0 Å². The van der Waals surface area contributed by atoms with Gasteiger partial charge in [0.2, 0.25) is 0 Å². The largest absolute Gasteiger partial charge is 0.346 e. The molecule has 1 aromatic rings. The van der Waals surface area contributed by atoms with Crippen molar-refractivity contribution < 1.29 is 9.18 Å². The molecule has 3 nitrogen and oxygen atoms in total. The van der Waals surface area contributed by atoms with E-state index in [0.29, 0.717) is 0 Å². The Balaban J connectivity index is 2.85. The van der Waals surface area contributed by atoms with Gasteiger partial charge in [-0.25, -0.2) is 4.39 Å². The first-order chi connectivity index (χ1) is 7.34. The average molecular weight is 289 g/mol. The number of alkyl halides is 1. The summed E-state index contributed by atoms with van der Waals surface area (Å²) in [5.41, 5.74) is -0.441. The van der Waals surface area contributed by atoms with Crippen molar-refractivity contribution in [2.24, 2.45) is 0 Å². The number of carbonyl (C=O) groups excluding carboxylic acids is 1. The summed E-state index contributed by atoms with van der Waals surface area (Å²) in [6, 6.07) is 1.36. The van der Waals surface area contributed by atoms with Crippen LogP contribution in [0.2, 0.25) is 0 Å². The Bertz CT molecular complexity index is 393. The van der Waals surface area contributed by atoms with Crippen molar-refractivity contribution in [1.82, 2.24) is 10.3 Å². The van der Waals surface area contributed by atoms with Crippen molar-refractivity contribution >= 4 is 21.8 Å². The smallest absolute Gasteiger partial charge is 0.254 e. The van der Waals surface area contributed by atoms with Crippen LogP contribution in [0, 0.1) is 5.82 Å². The Morgan fingerprint density at radius 3 is 2.75 bits per heavy atom. The third-order valence-corrected chi connectivity index (χ3v) is 3.59. The fourth-order valence-electron chi connectivity index (χ4n) is 1.02. The molecule has 5 heteroatoms. The van der Waals surface area contributed by atoms with Crippen LogP contribution < -0.4 is 5.32 Å². The Kier molecular flexibility index (Phi) is 4.02. The zero-order chi connectivity index (χ0) is 12.3. The van der Waals surface area contributed by atoms with Gasteiger partial charge >= 0.3 is 0 Å². The van der Waals surface area contributed by atoms with Crippen LogP contribution in [-0.2, 0) is 0 Å². The van der Waals surface area contributed by atoms with Crippen LogP contribution in [0.4, 0.5) is 4.39 Å². The molecule has 16 heavy (non-hydrogen) atoms. The number of nitrogens with zero attached hydrogens (tertiary/aromatic N) is 1. The Labute approximate surface area is 103 Å². The van der Waals surface area contributed by atoms with Gasteiger partial charge in [0.25, 0.3) is 5.91 Å². The van der Waals surface area contributed by atoms with E-state index in [-0.39, 0.29) is 10.4 Å². The molecule has 1 rings (SSSR count). The van der Waals surface area contributed by atoms with Gasteiger partial charge in [0, 0.05) is 16.6 Å². The van der Waals surface area contributed by atoms with E-state index in [1.807, 2.05) is 20.8 Å². The van der Waals surface area contributed by atoms with Crippen molar-refractivity contribution in [1.29, 1.82) is 0 Å². The lowest BCUT2D eigenvalue weighted by Crippen LogP contribution is -2.49. The molecule has 1 heterocycles. The van der Waals surface area contributed by atoms with E-state index >= 15 is 0 Å². The first kappa shape index (κ1) is 13.1. The highest BCUT2D eigenvalue weighted by atomic mass is 79.9. The Morgan fingerprint density at radius 2 is 2.25 bits per heavy atom. The van der Waals surface area contributed by atoms with Crippen molar-refractivity contribution in [2.45, 2.75) is 31.1 Å². The van der Waals surface area contributed by atoms with E-state index in [1.165, 1.54) is 12.3 Å². The second-order valence-corrected chi connectivity index (χ2v) is 5.52. The van der Waals surface area contributed by atoms with Crippen LogP contribution >= 0.6 is 15.9 Å². The van der Waals surface area contributed by atoms with Crippen molar-refractivity contribution in [2.75, 3.05) is 0 Å². The fourth-order valence-corrected chi connectivity index (χ4v) is 1.13. The van der Waals surface area contributed by atoms with Gasteiger partial charge < -0.3 is 5.32 Å². The third-order valence-electron chi connectivity index (χ3n) is 2.45. The zero-order valence-electron chi connectivity index (χ0n) is 9.42. The summed E-state index contributed by atoms with van der Waals surface area (Å²) in [7, 11) is 0. The second-order valence-electron chi connectivity index (χ2n) is 4.15. The predicted octanol–water partition coefficient (Wildman–Crippen LogP) is 2.51. The zero-order valence-corrected chi connectivity index (χ0v) is 11.0. The normalized spacial score (nSPS) is 13.3. The van der Waals surface area contributed by atoms with Gasteiger partial charge in [-0.1, -0.05) is 22.9 Å². The molecule has 1 amide bonds. The van der Waals surface area contributed by atoms with Gasteiger partial charge in [0.15, 0.2) is 5.82 Å². The first-order valence-electron chi connectivity index (χ1n) is 4.90. The van der Waals surface area contributed by atoms with Gasteiger partial charge in [0.1, 0.15) is 0 Å². The highest BCUT2D eigenvalue weighted by Crippen LogP contribution is 2.17. The fraction of sp³-hybridized carbons (Fsp3) is 0.455. The van der Waals surface area contributed by atoms with E-state index in [4.69, 9.17) is 0 Å². The summed E-state index contributed by atoms with van der Waals surface area (Å²) >= 11 is 3.39. The predicted molar refractivity (Wildman–Crippen MR) is 64.1 cm³/mol. The molecule has 0 saturated heterocycles. The molecule has 0 radical (unpaired) electrons. The highest BCUT2D eigenvalue weighted by Gasteiger charge is 2.27. The van der Waals surface area contributed by atoms with Crippen LogP contribution in [0.15, 0.2) is 18.5 Å². The SMILES string of the molecule is CC(Br)C(C)(C)NC(=O)c1ccncc1F. The van der Waals surface area contributed by atoms with Gasteiger partial charge in [-0.05, 0) is 19.9 Å². The maximum absolute atomic E-state index is 13.3. The van der Waals surface area contributed by atoms with Crippen LogP contribution in [0.3, 0.4) is 0 Å². The molecule has 0 aliphatic rings. The van der Waals surface area contributed by atoms with E-state index in [0.717, 1.165) is 6.20 Å². The molecule has 0 spiro atoms. The number of carbonyl (C=O) groups is 1. The summed E-state index contributed by atoms with van der Waals surface area (Å²) in [6.45, 7) is 5.65. The van der Waals surface area contributed by atoms with Crippen molar-refractivity contribution in [3.63, 3.8) is 0 Å². The number of hydrogen-bond acceptors (Lipinski definition) is 2. The summed E-state index contributed by atoms with van der Waals surface area (Å²) in [6.07, 6.45) is 2.42. The van der Waals surface area contributed by atoms with Crippen molar-refractivity contribution in [3.05, 3.63) is 29.8 Å². The molecule has 0 aliphatic heterocycles. The number of aromatic nitrogens is 1. The molecule has 0 aliphatic carbocycles. The third kappa shape index (κ3) is 3.01. The van der Waals surface area contributed by atoms with Crippen LogP contribution in [0.25, 0.3) is 0 Å². The number of nitrogens with one attached hydrogen (secondary N) is 1. The topological polar surface area (TPSA) is 42.0 Å². The summed E-state index contributed by atoms with van der Waals surface area (Å²) in [4.78, 5) is 15.5. The van der Waals surface area contributed by atoms with Gasteiger partial charge in [0.05, 0.1) is 11.8 Å². The number of rotatable bonds is 3. The minimum atomic E-state index is -0.613. The number of hydrogen-bond donors (Lipinski definition) is 1. The molecule has 1 aromatic heterocycles. The summed E-state index contributed by atoms with van der Waals surface area (Å²) < 4.78 is 13.3. The highest BCUT2D eigenvalue weighted by molar-refractivity contribution is 9.09. The molecule has 0 saturated carbocycles. The van der Waals surface area contributed by atoms with E-state index in [2.05, 4.69) is 26.2 Å². The number of pyridine rings is 1. The number of halogens is 2. The lowest BCUT2D eigenvalue weighted by atomic mass is 10.0. The van der Waals surface area contributed by atoms with Gasteiger partial charge in [-0.3, -0.25) is 9.78 Å². The monoisotopic (exact) mass is 288 g/mol. The molecule has 1 unspecified atom stereocenters.